The number of methoxy groups -OCH3 is 1. The smallest absolute Gasteiger partial charge is 0.180 e. The van der Waals surface area contributed by atoms with Crippen LogP contribution in [0.1, 0.15) is 6.42 Å². The van der Waals surface area contributed by atoms with Crippen molar-refractivity contribution in [3.63, 3.8) is 0 Å². The number of aromatic nitrogens is 3. The highest BCUT2D eigenvalue weighted by molar-refractivity contribution is 5.77. The largest absolute Gasteiger partial charge is 0.495 e. The van der Waals surface area contributed by atoms with Crippen molar-refractivity contribution in [1.82, 2.24) is 14.4 Å². The summed E-state index contributed by atoms with van der Waals surface area (Å²) in [5.41, 5.74) is 5.30. The van der Waals surface area contributed by atoms with Crippen molar-refractivity contribution in [3.05, 3.63) is 55.0 Å². The summed E-state index contributed by atoms with van der Waals surface area (Å²) in [4.78, 5) is 11.5. The summed E-state index contributed by atoms with van der Waals surface area (Å²) in [6.07, 6.45) is 6.10. The number of hydrogen-bond donors (Lipinski definition) is 3. The molecule has 4 aromatic rings. The Balaban J connectivity index is 1.35. The molecule has 1 fully saturated rings. The third-order valence-electron chi connectivity index (χ3n) is 6.27. The van der Waals surface area contributed by atoms with Crippen LogP contribution in [-0.2, 0) is 0 Å². The van der Waals surface area contributed by atoms with Crippen LogP contribution in [0.15, 0.2) is 55.0 Å². The van der Waals surface area contributed by atoms with E-state index in [4.69, 9.17) is 14.5 Å². The van der Waals surface area contributed by atoms with E-state index in [1.54, 1.807) is 13.3 Å². The number of anilines is 4. The van der Waals surface area contributed by atoms with Gasteiger partial charge in [-0.2, -0.15) is 0 Å². The van der Waals surface area contributed by atoms with Gasteiger partial charge >= 0.3 is 0 Å². The average molecular weight is 459 g/mol. The third kappa shape index (κ3) is 3.73. The Labute approximate surface area is 197 Å². The summed E-state index contributed by atoms with van der Waals surface area (Å²) in [6, 6.07) is 12.0. The molecule has 0 saturated carbocycles. The Morgan fingerprint density at radius 3 is 3.03 bits per heavy atom. The van der Waals surface area contributed by atoms with Gasteiger partial charge in [0.1, 0.15) is 18.1 Å². The van der Waals surface area contributed by atoms with Crippen LogP contribution in [0, 0.1) is 0 Å². The van der Waals surface area contributed by atoms with Crippen molar-refractivity contribution in [2.75, 3.05) is 48.9 Å². The SMILES string of the molecule is COc1cc(Nc2nc(-c3ccc4c(c3)OCCN4)cn3ccnc23)ccc1N1CCC(O)C1. The number of imidazole rings is 1. The number of aliphatic hydroxyl groups is 1. The second-order valence-corrected chi connectivity index (χ2v) is 8.52. The van der Waals surface area contributed by atoms with Gasteiger partial charge in [-0.3, -0.25) is 0 Å². The topological polar surface area (TPSA) is 96.2 Å². The monoisotopic (exact) mass is 458 g/mol. The van der Waals surface area contributed by atoms with E-state index in [9.17, 15) is 5.11 Å². The van der Waals surface area contributed by atoms with Crippen LogP contribution in [0.4, 0.5) is 22.9 Å². The maximum Gasteiger partial charge on any atom is 0.180 e. The summed E-state index contributed by atoms with van der Waals surface area (Å²) in [6.45, 7) is 2.87. The summed E-state index contributed by atoms with van der Waals surface area (Å²) >= 11 is 0. The molecule has 0 bridgehead atoms. The molecule has 174 valence electrons. The maximum atomic E-state index is 9.92. The first-order valence-corrected chi connectivity index (χ1v) is 11.4. The second-order valence-electron chi connectivity index (χ2n) is 8.52. The van der Waals surface area contributed by atoms with Crippen LogP contribution in [0.5, 0.6) is 11.5 Å². The summed E-state index contributed by atoms with van der Waals surface area (Å²) in [5, 5.41) is 16.7. The number of aliphatic hydroxyl groups excluding tert-OH is 1. The lowest BCUT2D eigenvalue weighted by Gasteiger charge is -2.21. The summed E-state index contributed by atoms with van der Waals surface area (Å²) in [5.74, 6) is 2.22. The van der Waals surface area contributed by atoms with E-state index >= 15 is 0 Å². The standard InChI is InChI=1S/C25H26N6O3/c1-33-23-13-17(3-5-21(23)30-9-6-18(32)14-30)28-24-25-27-7-10-31(25)15-20(29-24)16-2-4-19-22(12-16)34-11-8-26-19/h2-5,7,10,12-13,15,18,26,32H,6,8-9,11,14H2,1H3,(H,28,29). The lowest BCUT2D eigenvalue weighted by atomic mass is 10.1. The first-order chi connectivity index (χ1) is 16.7. The molecule has 2 aromatic carbocycles. The molecule has 9 nitrogen and oxygen atoms in total. The molecule has 2 aliphatic heterocycles. The van der Waals surface area contributed by atoms with Gasteiger partial charge in [-0.05, 0) is 30.7 Å². The number of benzene rings is 2. The molecule has 3 N–H and O–H groups in total. The Bertz CT molecular complexity index is 1350. The number of rotatable bonds is 5. The van der Waals surface area contributed by atoms with Crippen LogP contribution in [0.2, 0.25) is 0 Å². The zero-order valence-corrected chi connectivity index (χ0v) is 18.9. The molecule has 1 unspecified atom stereocenters. The van der Waals surface area contributed by atoms with Crippen molar-refractivity contribution < 1.29 is 14.6 Å². The van der Waals surface area contributed by atoms with Crippen LogP contribution in [0.25, 0.3) is 16.9 Å². The molecule has 0 amide bonds. The fourth-order valence-electron chi connectivity index (χ4n) is 4.56. The molecular weight excluding hydrogens is 432 g/mol. The van der Waals surface area contributed by atoms with E-state index in [-0.39, 0.29) is 6.10 Å². The van der Waals surface area contributed by atoms with E-state index in [0.717, 1.165) is 65.0 Å². The van der Waals surface area contributed by atoms with Crippen molar-refractivity contribution in [2.45, 2.75) is 12.5 Å². The normalized spacial score (nSPS) is 17.2. The molecule has 4 heterocycles. The van der Waals surface area contributed by atoms with Crippen molar-refractivity contribution in [3.8, 4) is 22.8 Å². The molecule has 2 aromatic heterocycles. The quantitative estimate of drug-likeness (QED) is 0.418. The van der Waals surface area contributed by atoms with Gasteiger partial charge in [-0.25, -0.2) is 9.97 Å². The predicted molar refractivity (Wildman–Crippen MR) is 132 cm³/mol. The van der Waals surface area contributed by atoms with E-state index in [2.05, 4.69) is 20.5 Å². The van der Waals surface area contributed by atoms with Crippen LogP contribution in [0.3, 0.4) is 0 Å². The van der Waals surface area contributed by atoms with Crippen molar-refractivity contribution >= 4 is 28.5 Å². The molecule has 0 aliphatic carbocycles. The molecule has 0 spiro atoms. The van der Waals surface area contributed by atoms with Gasteiger partial charge in [0, 0.05) is 55.5 Å². The zero-order chi connectivity index (χ0) is 23.1. The van der Waals surface area contributed by atoms with Gasteiger partial charge in [0.25, 0.3) is 0 Å². The van der Waals surface area contributed by atoms with Crippen molar-refractivity contribution in [1.29, 1.82) is 0 Å². The minimum atomic E-state index is -0.298. The van der Waals surface area contributed by atoms with E-state index in [1.165, 1.54) is 0 Å². The summed E-state index contributed by atoms with van der Waals surface area (Å²) < 4.78 is 13.4. The van der Waals surface area contributed by atoms with Gasteiger partial charge in [-0.15, -0.1) is 0 Å². The second kappa shape index (κ2) is 8.42. The molecule has 6 rings (SSSR count). The molecule has 9 heteroatoms. The molecule has 0 radical (unpaired) electrons. The van der Waals surface area contributed by atoms with Gasteiger partial charge in [-0.1, -0.05) is 6.07 Å². The lowest BCUT2D eigenvalue weighted by Crippen LogP contribution is -2.21. The fourth-order valence-corrected chi connectivity index (χ4v) is 4.56. The van der Waals surface area contributed by atoms with Gasteiger partial charge in [0.05, 0.1) is 30.3 Å². The number of fused-ring (bicyclic) bond motifs is 2. The highest BCUT2D eigenvalue weighted by atomic mass is 16.5. The minimum absolute atomic E-state index is 0.298. The first-order valence-electron chi connectivity index (χ1n) is 11.4. The third-order valence-corrected chi connectivity index (χ3v) is 6.27. The summed E-state index contributed by atoms with van der Waals surface area (Å²) in [7, 11) is 1.66. The average Bonchev–Trinajstić information content (AvgIpc) is 3.52. The maximum absolute atomic E-state index is 9.92. The van der Waals surface area contributed by atoms with Crippen LogP contribution in [-0.4, -0.2) is 58.9 Å². The highest BCUT2D eigenvalue weighted by Gasteiger charge is 2.23. The number of nitrogens with zero attached hydrogens (tertiary/aromatic N) is 4. The lowest BCUT2D eigenvalue weighted by molar-refractivity contribution is 0.198. The molecule has 34 heavy (non-hydrogen) atoms. The van der Waals surface area contributed by atoms with Gasteiger partial charge in [0.2, 0.25) is 0 Å². The number of hydrogen-bond acceptors (Lipinski definition) is 8. The molecule has 1 saturated heterocycles. The van der Waals surface area contributed by atoms with E-state index < -0.39 is 0 Å². The van der Waals surface area contributed by atoms with Crippen LogP contribution >= 0.6 is 0 Å². The van der Waals surface area contributed by atoms with Crippen molar-refractivity contribution in [2.24, 2.45) is 0 Å². The number of nitrogens with one attached hydrogen (secondary N) is 2. The Morgan fingerprint density at radius 2 is 2.18 bits per heavy atom. The van der Waals surface area contributed by atoms with E-state index in [1.807, 2.05) is 53.2 Å². The Hall–Kier alpha value is -3.98. The first kappa shape index (κ1) is 20.6. The molecule has 1 atom stereocenters. The molecule has 2 aliphatic rings. The fraction of sp³-hybridized carbons (Fsp3) is 0.280. The van der Waals surface area contributed by atoms with E-state index in [0.29, 0.717) is 19.0 Å². The van der Waals surface area contributed by atoms with Crippen LogP contribution < -0.4 is 25.0 Å². The highest BCUT2D eigenvalue weighted by Crippen LogP contribution is 2.36. The number of ether oxygens (including phenoxy) is 2. The Kier molecular flexibility index (Phi) is 5.10. The predicted octanol–water partition coefficient (Wildman–Crippen LogP) is 3.52. The van der Waals surface area contributed by atoms with Gasteiger partial charge in [0.15, 0.2) is 11.5 Å². The van der Waals surface area contributed by atoms with Gasteiger partial charge < -0.3 is 34.5 Å². The molecular formula is C25H26N6O3. The zero-order valence-electron chi connectivity index (χ0n) is 18.9. The number of β-amino-alcohol motifs (C(OH)–C–C–N with tert-alkyl or cyclic N) is 1. The minimum Gasteiger partial charge on any atom is -0.495 e. The Morgan fingerprint density at radius 1 is 1.24 bits per heavy atom.